The number of rotatable bonds is 7. The van der Waals surface area contributed by atoms with Gasteiger partial charge < -0.3 is 24.4 Å². The lowest BCUT2D eigenvalue weighted by Crippen LogP contribution is -3.27. The van der Waals surface area contributed by atoms with Crippen molar-refractivity contribution in [3.05, 3.63) is 52.9 Å². The lowest BCUT2D eigenvalue weighted by Gasteiger charge is -2.29. The molecule has 1 aromatic carbocycles. The monoisotopic (exact) mass is 422 g/mol. The maximum atomic E-state index is 6.26. The Morgan fingerprint density at radius 1 is 1.25 bits per heavy atom. The highest BCUT2D eigenvalue weighted by molar-refractivity contribution is 7.80. The summed E-state index contributed by atoms with van der Waals surface area (Å²) in [6, 6.07) is 9.84. The van der Waals surface area contributed by atoms with Crippen LogP contribution in [-0.2, 0) is 6.54 Å². The van der Waals surface area contributed by atoms with Gasteiger partial charge in [0.05, 0.1) is 26.4 Å². The summed E-state index contributed by atoms with van der Waals surface area (Å²) in [6.45, 7) is 9.79. The van der Waals surface area contributed by atoms with Crippen LogP contribution in [0.15, 0.2) is 41.0 Å². The third kappa shape index (κ3) is 6.21. The van der Waals surface area contributed by atoms with E-state index < -0.39 is 0 Å². The van der Waals surface area contributed by atoms with Crippen LogP contribution in [-0.4, -0.2) is 56.3 Å². The Morgan fingerprint density at radius 2 is 2.04 bits per heavy atom. The fraction of sp³-hybridized carbons (Fsp3) is 0.476. The van der Waals surface area contributed by atoms with Crippen LogP contribution >= 0.6 is 23.8 Å². The SMILES string of the molecule is Cc1ccc(NC(=S)N(CCC[NH+]2CC[NH+](C)CC2)Cc2ccco2)cc1Cl. The molecule has 0 bridgehead atoms. The van der Waals surface area contributed by atoms with Crippen LogP contribution in [0.25, 0.3) is 0 Å². The summed E-state index contributed by atoms with van der Waals surface area (Å²) in [4.78, 5) is 5.53. The smallest absolute Gasteiger partial charge is 0.173 e. The van der Waals surface area contributed by atoms with Gasteiger partial charge in [0.15, 0.2) is 5.11 Å². The molecule has 2 heterocycles. The van der Waals surface area contributed by atoms with Crippen LogP contribution in [0.4, 0.5) is 5.69 Å². The Hall–Kier alpha value is -1.60. The fourth-order valence-electron chi connectivity index (χ4n) is 3.52. The van der Waals surface area contributed by atoms with Crippen LogP contribution < -0.4 is 15.1 Å². The third-order valence-corrected chi connectivity index (χ3v) is 6.17. The summed E-state index contributed by atoms with van der Waals surface area (Å²) in [5.41, 5.74) is 1.97. The van der Waals surface area contributed by atoms with Gasteiger partial charge in [0.25, 0.3) is 0 Å². The second-order valence-corrected chi connectivity index (χ2v) is 8.50. The zero-order valence-electron chi connectivity index (χ0n) is 16.8. The number of hydrogen-bond acceptors (Lipinski definition) is 2. The van der Waals surface area contributed by atoms with Gasteiger partial charge in [-0.1, -0.05) is 17.7 Å². The molecule has 0 aliphatic carbocycles. The first-order chi connectivity index (χ1) is 13.5. The van der Waals surface area contributed by atoms with E-state index in [-0.39, 0.29) is 0 Å². The summed E-state index contributed by atoms with van der Waals surface area (Å²) in [5, 5.41) is 4.78. The second-order valence-electron chi connectivity index (χ2n) is 7.71. The summed E-state index contributed by atoms with van der Waals surface area (Å²) >= 11 is 12.0. The van der Waals surface area contributed by atoms with Gasteiger partial charge >= 0.3 is 0 Å². The number of thiocarbonyl (C=S) groups is 1. The van der Waals surface area contributed by atoms with Gasteiger partial charge in [-0.25, -0.2) is 0 Å². The molecule has 1 saturated heterocycles. The molecule has 0 amide bonds. The van der Waals surface area contributed by atoms with Crippen molar-refractivity contribution < 1.29 is 14.2 Å². The summed E-state index contributed by atoms with van der Waals surface area (Å²) in [5.74, 6) is 0.918. The third-order valence-electron chi connectivity index (χ3n) is 5.41. The first-order valence-corrected chi connectivity index (χ1v) is 10.8. The van der Waals surface area contributed by atoms with Gasteiger partial charge in [-0.3, -0.25) is 0 Å². The second kappa shape index (κ2) is 10.3. The molecule has 28 heavy (non-hydrogen) atoms. The summed E-state index contributed by atoms with van der Waals surface area (Å²) < 4.78 is 5.55. The molecule has 2 aromatic rings. The molecule has 152 valence electrons. The summed E-state index contributed by atoms with van der Waals surface area (Å²) in [6.07, 6.45) is 2.81. The van der Waals surface area contributed by atoms with Gasteiger partial charge in [-0.2, -0.15) is 0 Å². The Kier molecular flexibility index (Phi) is 7.73. The van der Waals surface area contributed by atoms with E-state index in [0.29, 0.717) is 11.7 Å². The quantitative estimate of drug-likeness (QED) is 0.587. The first kappa shape index (κ1) is 21.1. The lowest BCUT2D eigenvalue weighted by molar-refractivity contribution is -1.00. The fourth-order valence-corrected chi connectivity index (χ4v) is 3.97. The Morgan fingerprint density at radius 3 is 2.71 bits per heavy atom. The summed E-state index contributed by atoms with van der Waals surface area (Å²) in [7, 11) is 2.28. The van der Waals surface area contributed by atoms with Gasteiger partial charge in [0.1, 0.15) is 31.9 Å². The standard InChI is InChI=1S/C21H29ClN4OS/c1-17-6-7-18(15-20(17)22)23-21(28)26(16-19-5-3-14-27-19)9-4-8-25-12-10-24(2)11-13-25/h3,5-7,14-15H,4,8-13,16H2,1-2H3,(H,23,28)/p+2. The predicted molar refractivity (Wildman–Crippen MR) is 118 cm³/mol. The number of hydrogen-bond donors (Lipinski definition) is 3. The van der Waals surface area contributed by atoms with E-state index >= 15 is 0 Å². The largest absolute Gasteiger partial charge is 0.467 e. The number of benzene rings is 1. The molecule has 5 nitrogen and oxygen atoms in total. The van der Waals surface area contributed by atoms with Gasteiger partial charge in [-0.15, -0.1) is 0 Å². The highest BCUT2D eigenvalue weighted by Gasteiger charge is 2.20. The number of furan rings is 1. The van der Waals surface area contributed by atoms with E-state index in [0.717, 1.165) is 35.0 Å². The molecule has 0 radical (unpaired) electrons. The normalized spacial score (nSPS) is 19.4. The minimum absolute atomic E-state index is 0.667. The van der Waals surface area contributed by atoms with E-state index in [2.05, 4.69) is 17.3 Å². The highest BCUT2D eigenvalue weighted by atomic mass is 35.5. The minimum Gasteiger partial charge on any atom is -0.467 e. The van der Waals surface area contributed by atoms with Crippen molar-refractivity contribution in [3.63, 3.8) is 0 Å². The van der Waals surface area contributed by atoms with Crippen molar-refractivity contribution in [3.8, 4) is 0 Å². The van der Waals surface area contributed by atoms with Crippen LogP contribution in [0.3, 0.4) is 0 Å². The van der Waals surface area contributed by atoms with Gasteiger partial charge in [0, 0.05) is 23.7 Å². The average Bonchev–Trinajstić information content (AvgIpc) is 3.18. The molecule has 0 saturated carbocycles. The molecule has 0 spiro atoms. The molecular formula is C21H31ClN4OS+2. The lowest BCUT2D eigenvalue weighted by atomic mass is 10.2. The van der Waals surface area contributed by atoms with Gasteiger partial charge in [0.2, 0.25) is 0 Å². The van der Waals surface area contributed by atoms with Crippen molar-refractivity contribution in [2.24, 2.45) is 0 Å². The number of nitrogens with one attached hydrogen (secondary N) is 3. The number of quaternary nitrogens is 2. The van der Waals surface area contributed by atoms with Crippen LogP contribution in [0, 0.1) is 6.92 Å². The first-order valence-electron chi connectivity index (χ1n) is 10.0. The molecule has 1 fully saturated rings. The van der Waals surface area contributed by atoms with E-state index in [1.165, 1.54) is 32.7 Å². The molecule has 7 heteroatoms. The van der Waals surface area contributed by atoms with E-state index in [1.54, 1.807) is 16.1 Å². The number of halogens is 1. The Bertz CT molecular complexity index is 760. The number of likely N-dealkylation sites (N-methyl/N-ethyl adjacent to an activating group) is 1. The Balaban J connectivity index is 1.57. The van der Waals surface area contributed by atoms with Crippen LogP contribution in [0.1, 0.15) is 17.7 Å². The molecule has 3 rings (SSSR count). The minimum atomic E-state index is 0.667. The molecule has 3 N–H and O–H groups in total. The zero-order chi connectivity index (χ0) is 19.9. The Labute approximate surface area is 178 Å². The topological polar surface area (TPSA) is 37.3 Å². The van der Waals surface area contributed by atoms with Crippen LogP contribution in [0.5, 0.6) is 0 Å². The van der Waals surface area contributed by atoms with E-state index in [1.807, 2.05) is 37.3 Å². The van der Waals surface area contributed by atoms with Crippen molar-refractivity contribution >= 4 is 34.6 Å². The number of piperazine rings is 1. The molecule has 1 aliphatic heterocycles. The van der Waals surface area contributed by atoms with Crippen molar-refractivity contribution in [1.29, 1.82) is 0 Å². The highest BCUT2D eigenvalue weighted by Crippen LogP contribution is 2.20. The van der Waals surface area contributed by atoms with E-state index in [4.69, 9.17) is 28.2 Å². The number of aryl methyl sites for hydroxylation is 1. The number of nitrogens with zero attached hydrogens (tertiary/aromatic N) is 1. The molecule has 0 unspecified atom stereocenters. The zero-order valence-corrected chi connectivity index (χ0v) is 18.3. The predicted octanol–water partition coefficient (Wildman–Crippen LogP) is 1.24. The van der Waals surface area contributed by atoms with E-state index in [9.17, 15) is 0 Å². The molecule has 1 aromatic heterocycles. The molecule has 0 atom stereocenters. The van der Waals surface area contributed by atoms with Gasteiger partial charge in [-0.05, 0) is 49.0 Å². The maximum absolute atomic E-state index is 6.26. The maximum Gasteiger partial charge on any atom is 0.173 e. The van der Waals surface area contributed by atoms with Crippen LogP contribution in [0.2, 0.25) is 5.02 Å². The van der Waals surface area contributed by atoms with Crippen molar-refractivity contribution in [2.45, 2.75) is 19.9 Å². The average molecular weight is 423 g/mol. The van der Waals surface area contributed by atoms with Crippen molar-refractivity contribution in [1.82, 2.24) is 4.90 Å². The number of anilines is 1. The molecular weight excluding hydrogens is 392 g/mol. The molecule has 1 aliphatic rings. The van der Waals surface area contributed by atoms with Crippen molar-refractivity contribution in [2.75, 3.05) is 51.6 Å².